The Morgan fingerprint density at radius 1 is 1.32 bits per heavy atom. The van der Waals surface area contributed by atoms with Crippen LogP contribution in [0.3, 0.4) is 0 Å². The monoisotopic (exact) mass is 379 g/mol. The van der Waals surface area contributed by atoms with Gasteiger partial charge in [0, 0.05) is 35.3 Å². The van der Waals surface area contributed by atoms with E-state index in [-0.39, 0.29) is 6.04 Å². The highest BCUT2D eigenvalue weighted by Crippen LogP contribution is 2.59. The SMILES string of the molecule is CC(C)N/N=C(\c1c([B]O)cnc2[nH]ccc12)C1C2CC3CC1CC(O)(C3)C2. The van der Waals surface area contributed by atoms with Crippen LogP contribution in [0, 0.1) is 23.7 Å². The first-order valence-corrected chi connectivity index (χ1v) is 10.5. The van der Waals surface area contributed by atoms with Crippen molar-refractivity contribution in [2.75, 3.05) is 0 Å². The van der Waals surface area contributed by atoms with E-state index in [1.54, 1.807) is 6.20 Å². The summed E-state index contributed by atoms with van der Waals surface area (Å²) in [5.41, 5.74) is 6.28. The summed E-state index contributed by atoms with van der Waals surface area (Å²) in [5, 5.41) is 26.9. The number of rotatable bonds is 5. The van der Waals surface area contributed by atoms with Crippen molar-refractivity contribution in [1.29, 1.82) is 0 Å². The highest BCUT2D eigenvalue weighted by atomic mass is 16.3. The summed E-state index contributed by atoms with van der Waals surface area (Å²) in [5.74, 6) is 1.82. The maximum absolute atomic E-state index is 11.0. The van der Waals surface area contributed by atoms with Gasteiger partial charge >= 0.3 is 7.48 Å². The second-order valence-electron chi connectivity index (χ2n) is 9.46. The van der Waals surface area contributed by atoms with E-state index in [0.29, 0.717) is 29.1 Å². The van der Waals surface area contributed by atoms with E-state index in [2.05, 4.69) is 29.2 Å². The molecule has 2 heterocycles. The van der Waals surface area contributed by atoms with Crippen LogP contribution >= 0.6 is 0 Å². The molecule has 2 aromatic heterocycles. The molecule has 4 fully saturated rings. The van der Waals surface area contributed by atoms with Gasteiger partial charge in [0.2, 0.25) is 0 Å². The van der Waals surface area contributed by atoms with Crippen LogP contribution in [-0.4, -0.2) is 44.9 Å². The number of aromatic nitrogens is 2. The maximum atomic E-state index is 11.0. The lowest BCUT2D eigenvalue weighted by molar-refractivity contribution is -0.137. The molecular weight excluding hydrogens is 351 g/mol. The molecule has 0 aliphatic heterocycles. The molecular formula is C21H28BN4O2. The number of hydrogen-bond donors (Lipinski definition) is 4. The molecule has 2 atom stereocenters. The van der Waals surface area contributed by atoms with Crippen molar-refractivity contribution in [2.24, 2.45) is 28.8 Å². The molecule has 2 unspecified atom stereocenters. The van der Waals surface area contributed by atoms with Gasteiger partial charge in [0.15, 0.2) is 0 Å². The topological polar surface area (TPSA) is 93.5 Å². The first-order chi connectivity index (χ1) is 13.5. The summed E-state index contributed by atoms with van der Waals surface area (Å²) in [6.45, 7) is 4.16. The van der Waals surface area contributed by atoms with Crippen LogP contribution in [0.1, 0.15) is 51.5 Å². The molecule has 0 amide bonds. The molecule has 4 N–H and O–H groups in total. The Bertz CT molecular complexity index is 908. The van der Waals surface area contributed by atoms with Gasteiger partial charge in [-0.1, -0.05) is 0 Å². The van der Waals surface area contributed by atoms with Crippen LogP contribution in [0.25, 0.3) is 11.0 Å². The van der Waals surface area contributed by atoms with E-state index in [0.717, 1.165) is 49.1 Å². The molecule has 6 nitrogen and oxygen atoms in total. The lowest BCUT2D eigenvalue weighted by atomic mass is 9.49. The fourth-order valence-corrected chi connectivity index (χ4v) is 6.33. The Labute approximate surface area is 166 Å². The number of nitrogens with zero attached hydrogens (tertiary/aromatic N) is 2. The average Bonchev–Trinajstić information content (AvgIpc) is 3.10. The summed E-state index contributed by atoms with van der Waals surface area (Å²) in [4.78, 5) is 7.62. The van der Waals surface area contributed by atoms with Crippen LogP contribution in [0.4, 0.5) is 0 Å². The fraction of sp³-hybridized carbons (Fsp3) is 0.619. The van der Waals surface area contributed by atoms with E-state index < -0.39 is 5.60 Å². The Morgan fingerprint density at radius 2 is 2.07 bits per heavy atom. The zero-order valence-electron chi connectivity index (χ0n) is 16.5. The van der Waals surface area contributed by atoms with Gasteiger partial charge in [-0.25, -0.2) is 4.98 Å². The highest BCUT2D eigenvalue weighted by Gasteiger charge is 2.56. The quantitative estimate of drug-likeness (QED) is 0.361. The standard InChI is InChI=1S/C21H28BN4O2/c1-11(2)25-26-19(18-15-3-4-23-20(15)24-10-16(18)22-28)17-13-5-12-6-14(17)9-21(27,7-12)8-13/h3-4,10-14,17,25,27-28H,5-9H2,1-2H3,(H,23,24)/b26-19-. The lowest BCUT2D eigenvalue weighted by Gasteiger charge is -2.58. The zero-order valence-corrected chi connectivity index (χ0v) is 16.5. The molecule has 4 aliphatic carbocycles. The van der Waals surface area contributed by atoms with Crippen molar-refractivity contribution in [3.8, 4) is 0 Å². The molecule has 0 saturated heterocycles. The Kier molecular flexibility index (Phi) is 4.28. The predicted molar refractivity (Wildman–Crippen MR) is 111 cm³/mol. The van der Waals surface area contributed by atoms with Gasteiger partial charge in [0.25, 0.3) is 0 Å². The third-order valence-corrected chi connectivity index (χ3v) is 7.01. The second-order valence-corrected chi connectivity index (χ2v) is 9.46. The summed E-state index contributed by atoms with van der Waals surface area (Å²) in [6, 6.07) is 2.24. The van der Waals surface area contributed by atoms with Gasteiger partial charge in [-0.2, -0.15) is 5.10 Å². The molecule has 4 saturated carbocycles. The zero-order chi connectivity index (χ0) is 19.5. The molecule has 1 radical (unpaired) electrons. The van der Waals surface area contributed by atoms with Crippen molar-refractivity contribution >= 4 is 29.7 Å². The Balaban J connectivity index is 1.65. The van der Waals surface area contributed by atoms with Crippen LogP contribution in [0.15, 0.2) is 23.6 Å². The minimum Gasteiger partial charge on any atom is -0.450 e. The van der Waals surface area contributed by atoms with Crippen molar-refractivity contribution in [3.63, 3.8) is 0 Å². The van der Waals surface area contributed by atoms with Crippen molar-refractivity contribution in [2.45, 2.75) is 57.6 Å². The Hall–Kier alpha value is -1.86. The lowest BCUT2D eigenvalue weighted by Crippen LogP contribution is -2.57. The van der Waals surface area contributed by atoms with Crippen LogP contribution in [0.5, 0.6) is 0 Å². The van der Waals surface area contributed by atoms with Crippen molar-refractivity contribution in [1.82, 2.24) is 15.4 Å². The van der Waals surface area contributed by atoms with Crippen molar-refractivity contribution in [3.05, 3.63) is 24.0 Å². The number of aromatic amines is 1. The average molecular weight is 379 g/mol. The number of pyridine rings is 1. The molecule has 2 aromatic rings. The minimum atomic E-state index is -0.475. The van der Waals surface area contributed by atoms with Crippen molar-refractivity contribution < 1.29 is 10.1 Å². The van der Waals surface area contributed by atoms with Crippen LogP contribution in [0.2, 0.25) is 0 Å². The summed E-state index contributed by atoms with van der Waals surface area (Å²) >= 11 is 0. The van der Waals surface area contributed by atoms with E-state index >= 15 is 0 Å². The van der Waals surface area contributed by atoms with Gasteiger partial charge in [-0.3, -0.25) is 0 Å². The number of hydrogen-bond acceptors (Lipinski definition) is 5. The van der Waals surface area contributed by atoms with Gasteiger partial charge in [-0.05, 0) is 75.2 Å². The van der Waals surface area contributed by atoms with E-state index in [4.69, 9.17) is 5.10 Å². The third-order valence-electron chi connectivity index (χ3n) is 7.01. The molecule has 0 spiro atoms. The fourth-order valence-electron chi connectivity index (χ4n) is 6.33. The normalized spacial score (nSPS) is 34.4. The second kappa shape index (κ2) is 6.60. The third kappa shape index (κ3) is 2.87. The van der Waals surface area contributed by atoms with E-state index in [1.807, 2.05) is 12.3 Å². The van der Waals surface area contributed by atoms with Gasteiger partial charge in [0.05, 0.1) is 11.3 Å². The highest BCUT2D eigenvalue weighted by molar-refractivity contribution is 6.49. The van der Waals surface area contributed by atoms with Gasteiger partial charge < -0.3 is 20.5 Å². The van der Waals surface area contributed by atoms with E-state index in [9.17, 15) is 10.1 Å². The molecule has 7 heteroatoms. The van der Waals surface area contributed by atoms with Gasteiger partial charge in [-0.15, -0.1) is 0 Å². The van der Waals surface area contributed by atoms with Crippen LogP contribution < -0.4 is 10.9 Å². The molecule has 4 bridgehead atoms. The number of H-pyrrole nitrogens is 1. The predicted octanol–water partition coefficient (Wildman–Crippen LogP) is 1.69. The first-order valence-electron chi connectivity index (χ1n) is 10.5. The molecule has 28 heavy (non-hydrogen) atoms. The largest absolute Gasteiger partial charge is 0.450 e. The van der Waals surface area contributed by atoms with Crippen LogP contribution in [-0.2, 0) is 0 Å². The number of aliphatic hydroxyl groups is 1. The molecule has 0 aromatic carbocycles. The molecule has 6 rings (SSSR count). The molecule has 4 aliphatic rings. The smallest absolute Gasteiger partial charge is 0.329 e. The first kappa shape index (κ1) is 18.2. The van der Waals surface area contributed by atoms with Gasteiger partial charge in [0.1, 0.15) is 5.65 Å². The number of fused-ring (bicyclic) bond motifs is 1. The number of nitrogens with one attached hydrogen (secondary N) is 2. The van der Waals surface area contributed by atoms with E-state index in [1.165, 1.54) is 12.8 Å². The number of hydrazone groups is 1. The summed E-state index contributed by atoms with van der Waals surface area (Å²) in [6.07, 6.45) is 8.64. The Morgan fingerprint density at radius 3 is 2.71 bits per heavy atom. The summed E-state index contributed by atoms with van der Waals surface area (Å²) < 4.78 is 0. The maximum Gasteiger partial charge on any atom is 0.329 e. The minimum absolute atomic E-state index is 0.223. The summed E-state index contributed by atoms with van der Waals surface area (Å²) in [7, 11) is 1.14. The molecule has 147 valence electrons.